The van der Waals surface area contributed by atoms with Gasteiger partial charge in [0.05, 0.1) is 13.7 Å². The second-order valence-corrected chi connectivity index (χ2v) is 2.93. The number of amides is 1. The molecule has 0 aromatic carbocycles. The van der Waals surface area contributed by atoms with Crippen molar-refractivity contribution in [2.75, 3.05) is 25.6 Å². The zero-order valence-corrected chi connectivity index (χ0v) is 9.19. The summed E-state index contributed by atoms with van der Waals surface area (Å²) < 4.78 is 9.38. The third-order valence-electron chi connectivity index (χ3n) is 1.42. The Morgan fingerprint density at radius 1 is 1.62 bits per heavy atom. The number of nitrogens with zero attached hydrogens (tertiary/aromatic N) is 2. The lowest BCUT2D eigenvalue weighted by atomic mass is 10.6. The molecule has 8 heteroatoms. The van der Waals surface area contributed by atoms with Crippen LogP contribution in [0.1, 0.15) is 0 Å². The zero-order chi connectivity index (χ0) is 12.0. The van der Waals surface area contributed by atoms with Gasteiger partial charge in [-0.05, 0) is 0 Å². The van der Waals surface area contributed by atoms with Crippen molar-refractivity contribution in [1.29, 1.82) is 0 Å². The standard InChI is InChI=1S/C8H10ClN3O4/c1-15-6-4-5(9)10-7(11-6)12-8(14)16-3-2-13/h4,13H,2-3H2,1H3,(H,10,11,12,14). The van der Waals surface area contributed by atoms with E-state index in [1.807, 2.05) is 0 Å². The van der Waals surface area contributed by atoms with Crippen LogP contribution in [0.15, 0.2) is 6.07 Å². The average Bonchev–Trinajstić information content (AvgIpc) is 2.25. The maximum Gasteiger partial charge on any atom is 0.414 e. The number of aliphatic hydroxyl groups is 1. The van der Waals surface area contributed by atoms with Crippen LogP contribution in [0.25, 0.3) is 0 Å². The van der Waals surface area contributed by atoms with Gasteiger partial charge in [-0.1, -0.05) is 11.6 Å². The van der Waals surface area contributed by atoms with E-state index >= 15 is 0 Å². The molecule has 16 heavy (non-hydrogen) atoms. The van der Waals surface area contributed by atoms with E-state index in [1.165, 1.54) is 13.2 Å². The number of nitrogens with one attached hydrogen (secondary N) is 1. The number of hydrogen-bond donors (Lipinski definition) is 2. The first kappa shape index (κ1) is 12.5. The highest BCUT2D eigenvalue weighted by molar-refractivity contribution is 6.29. The Balaban J connectivity index is 2.65. The van der Waals surface area contributed by atoms with Crippen LogP contribution in [-0.4, -0.2) is 41.5 Å². The van der Waals surface area contributed by atoms with E-state index in [-0.39, 0.29) is 30.2 Å². The van der Waals surface area contributed by atoms with Gasteiger partial charge in [-0.15, -0.1) is 0 Å². The van der Waals surface area contributed by atoms with Crippen LogP contribution in [-0.2, 0) is 4.74 Å². The largest absolute Gasteiger partial charge is 0.481 e. The SMILES string of the molecule is COc1cc(Cl)nc(NC(=O)OCCO)n1. The summed E-state index contributed by atoms with van der Waals surface area (Å²) >= 11 is 5.65. The Labute approximate surface area is 96.4 Å². The first-order chi connectivity index (χ1) is 7.65. The smallest absolute Gasteiger partial charge is 0.414 e. The Kier molecular flexibility index (Phi) is 4.74. The van der Waals surface area contributed by atoms with Crippen molar-refractivity contribution in [3.63, 3.8) is 0 Å². The van der Waals surface area contributed by atoms with Gasteiger partial charge in [0, 0.05) is 6.07 Å². The number of rotatable bonds is 4. The zero-order valence-electron chi connectivity index (χ0n) is 8.44. The number of anilines is 1. The fourth-order valence-electron chi connectivity index (χ4n) is 0.823. The topological polar surface area (TPSA) is 93.6 Å². The van der Waals surface area contributed by atoms with E-state index in [0.29, 0.717) is 0 Å². The summed E-state index contributed by atoms with van der Waals surface area (Å²) in [4.78, 5) is 18.6. The Bertz CT molecular complexity index is 374. The molecule has 1 aromatic heterocycles. The summed E-state index contributed by atoms with van der Waals surface area (Å²) in [6, 6.07) is 1.39. The molecule has 7 nitrogen and oxygen atoms in total. The molecule has 0 aliphatic carbocycles. The summed E-state index contributed by atoms with van der Waals surface area (Å²) in [5.74, 6) is 0.185. The summed E-state index contributed by atoms with van der Waals surface area (Å²) in [5.41, 5.74) is 0. The number of halogens is 1. The van der Waals surface area contributed by atoms with Crippen LogP contribution in [0.5, 0.6) is 5.88 Å². The Morgan fingerprint density at radius 3 is 3.00 bits per heavy atom. The molecule has 0 spiro atoms. The van der Waals surface area contributed by atoms with Gasteiger partial charge in [0.25, 0.3) is 0 Å². The molecule has 0 aliphatic heterocycles. The summed E-state index contributed by atoms with van der Waals surface area (Å²) in [7, 11) is 1.41. The molecule has 0 saturated carbocycles. The average molecular weight is 248 g/mol. The van der Waals surface area contributed by atoms with Gasteiger partial charge in [-0.25, -0.2) is 9.78 Å². The molecule has 0 radical (unpaired) electrons. The van der Waals surface area contributed by atoms with Gasteiger partial charge in [-0.3, -0.25) is 5.32 Å². The van der Waals surface area contributed by atoms with Crippen molar-refractivity contribution in [3.8, 4) is 5.88 Å². The molecule has 0 atom stereocenters. The van der Waals surface area contributed by atoms with Crippen molar-refractivity contribution in [3.05, 3.63) is 11.2 Å². The number of aliphatic hydroxyl groups excluding tert-OH is 1. The van der Waals surface area contributed by atoms with Crippen LogP contribution in [0.3, 0.4) is 0 Å². The molecule has 1 aromatic rings. The number of carbonyl (C=O) groups is 1. The molecule has 2 N–H and O–H groups in total. The van der Waals surface area contributed by atoms with Gasteiger partial charge in [0.15, 0.2) is 0 Å². The summed E-state index contributed by atoms with van der Waals surface area (Å²) in [5, 5.41) is 10.8. The fourth-order valence-corrected chi connectivity index (χ4v) is 0.997. The quantitative estimate of drug-likeness (QED) is 0.760. The monoisotopic (exact) mass is 247 g/mol. The summed E-state index contributed by atoms with van der Waals surface area (Å²) in [6.45, 7) is -0.364. The second-order valence-electron chi connectivity index (χ2n) is 2.54. The van der Waals surface area contributed by atoms with Crippen molar-refractivity contribution in [1.82, 2.24) is 9.97 Å². The fraction of sp³-hybridized carbons (Fsp3) is 0.375. The molecule has 1 rings (SSSR count). The Morgan fingerprint density at radius 2 is 2.38 bits per heavy atom. The lowest BCUT2D eigenvalue weighted by molar-refractivity contribution is 0.131. The normalized spacial score (nSPS) is 9.69. The first-order valence-electron chi connectivity index (χ1n) is 4.29. The van der Waals surface area contributed by atoms with E-state index in [1.54, 1.807) is 0 Å². The summed E-state index contributed by atoms with van der Waals surface area (Å²) in [6.07, 6.45) is -0.779. The lowest BCUT2D eigenvalue weighted by Crippen LogP contribution is -2.17. The van der Waals surface area contributed by atoms with Crippen molar-refractivity contribution < 1.29 is 19.4 Å². The minimum atomic E-state index is -0.779. The van der Waals surface area contributed by atoms with Crippen LogP contribution in [0, 0.1) is 0 Å². The highest BCUT2D eigenvalue weighted by Gasteiger charge is 2.08. The molecule has 0 saturated heterocycles. The van der Waals surface area contributed by atoms with Crippen molar-refractivity contribution >= 4 is 23.6 Å². The number of methoxy groups -OCH3 is 1. The van der Waals surface area contributed by atoms with Crippen molar-refractivity contribution in [2.45, 2.75) is 0 Å². The minimum Gasteiger partial charge on any atom is -0.481 e. The number of hydrogen-bond acceptors (Lipinski definition) is 6. The van der Waals surface area contributed by atoms with Gasteiger partial charge < -0.3 is 14.6 Å². The van der Waals surface area contributed by atoms with Gasteiger partial charge in [0.2, 0.25) is 11.8 Å². The van der Waals surface area contributed by atoms with Gasteiger partial charge in [0.1, 0.15) is 11.8 Å². The molecule has 1 heterocycles. The molecule has 0 fully saturated rings. The van der Waals surface area contributed by atoms with E-state index < -0.39 is 6.09 Å². The van der Waals surface area contributed by atoms with Crippen LogP contribution >= 0.6 is 11.6 Å². The predicted molar refractivity (Wildman–Crippen MR) is 55.7 cm³/mol. The Hall–Kier alpha value is -1.60. The van der Waals surface area contributed by atoms with Crippen LogP contribution in [0.4, 0.5) is 10.7 Å². The minimum absolute atomic E-state index is 0.0349. The van der Waals surface area contributed by atoms with E-state index in [4.69, 9.17) is 21.4 Å². The molecular formula is C8H10ClN3O4. The van der Waals surface area contributed by atoms with Crippen molar-refractivity contribution in [2.24, 2.45) is 0 Å². The van der Waals surface area contributed by atoms with Gasteiger partial charge in [-0.2, -0.15) is 4.98 Å². The third kappa shape index (κ3) is 3.87. The molecule has 0 unspecified atom stereocenters. The molecular weight excluding hydrogens is 238 g/mol. The van der Waals surface area contributed by atoms with Crippen LogP contribution in [0.2, 0.25) is 5.15 Å². The number of carbonyl (C=O) groups excluding carboxylic acids is 1. The highest BCUT2D eigenvalue weighted by atomic mass is 35.5. The van der Waals surface area contributed by atoms with E-state index in [9.17, 15) is 4.79 Å². The van der Waals surface area contributed by atoms with Gasteiger partial charge >= 0.3 is 6.09 Å². The molecule has 0 aliphatic rings. The van der Waals surface area contributed by atoms with E-state index in [2.05, 4.69) is 20.0 Å². The molecule has 0 bridgehead atoms. The first-order valence-corrected chi connectivity index (χ1v) is 4.66. The van der Waals surface area contributed by atoms with E-state index in [0.717, 1.165) is 0 Å². The number of aromatic nitrogens is 2. The van der Waals surface area contributed by atoms with Crippen LogP contribution < -0.4 is 10.1 Å². The molecule has 88 valence electrons. The third-order valence-corrected chi connectivity index (χ3v) is 1.61. The highest BCUT2D eigenvalue weighted by Crippen LogP contribution is 2.15. The maximum absolute atomic E-state index is 11.1. The maximum atomic E-state index is 11.1. The second kappa shape index (κ2) is 6.09. The predicted octanol–water partition coefficient (Wildman–Crippen LogP) is 0.679. The molecule has 1 amide bonds. The number of ether oxygens (including phenoxy) is 2. The lowest BCUT2D eigenvalue weighted by Gasteiger charge is -2.05.